The number of fused-ring (bicyclic) bond motifs is 2. The number of amides is 5. The van der Waals surface area contributed by atoms with Gasteiger partial charge in [0.05, 0.1) is 45.2 Å². The van der Waals surface area contributed by atoms with Gasteiger partial charge in [0.15, 0.2) is 0 Å². The molecule has 6 aliphatic heterocycles. The first kappa shape index (κ1) is 42.4. The van der Waals surface area contributed by atoms with Gasteiger partial charge in [0.2, 0.25) is 11.8 Å². The van der Waals surface area contributed by atoms with E-state index >= 15 is 4.39 Å². The number of carbonyl (C=O) groups excluding carboxylic acids is 5. The Morgan fingerprint density at radius 2 is 1.55 bits per heavy atom. The molecule has 1 saturated carbocycles. The molecule has 10 rings (SSSR count). The number of nitrogens with one attached hydrogen (secondary N) is 1. The minimum atomic E-state index is -1.09. The van der Waals surface area contributed by atoms with Crippen LogP contribution < -0.4 is 19.9 Å². The van der Waals surface area contributed by atoms with Crippen molar-refractivity contribution in [3.05, 3.63) is 81.3 Å². The number of piperidine rings is 3. The fourth-order valence-corrected chi connectivity index (χ4v) is 12.7. The van der Waals surface area contributed by atoms with E-state index in [9.17, 15) is 29.2 Å². The van der Waals surface area contributed by atoms with E-state index in [2.05, 4.69) is 48.9 Å². The molecule has 1 N–H and O–H groups in total. The van der Waals surface area contributed by atoms with E-state index in [-0.39, 0.29) is 58.3 Å². The molecule has 1 spiro atoms. The summed E-state index contributed by atoms with van der Waals surface area (Å²) < 4.78 is 22.0. The Balaban J connectivity index is 0.701. The lowest BCUT2D eigenvalue weighted by atomic mass is 9.49. The average molecular weight is 891 g/mol. The first-order valence-corrected chi connectivity index (χ1v) is 22.8. The van der Waals surface area contributed by atoms with Crippen LogP contribution in [0, 0.1) is 39.3 Å². The number of halogens is 2. The molecule has 2 aromatic carbocycles. The van der Waals surface area contributed by atoms with Gasteiger partial charge in [-0.05, 0) is 87.5 Å². The molecule has 1 atom stereocenters. The lowest BCUT2D eigenvalue weighted by Gasteiger charge is -2.65. The van der Waals surface area contributed by atoms with E-state index in [1.807, 2.05) is 21.9 Å². The van der Waals surface area contributed by atoms with Crippen molar-refractivity contribution < 1.29 is 33.1 Å². The van der Waals surface area contributed by atoms with Crippen LogP contribution >= 0.6 is 11.6 Å². The maximum absolute atomic E-state index is 15.5. The summed E-state index contributed by atoms with van der Waals surface area (Å²) in [6.07, 6.45) is 3.98. The molecule has 16 heteroatoms. The van der Waals surface area contributed by atoms with Crippen LogP contribution in [-0.4, -0.2) is 113 Å². The van der Waals surface area contributed by atoms with Crippen molar-refractivity contribution >= 4 is 52.6 Å². The van der Waals surface area contributed by atoms with Crippen LogP contribution in [0.15, 0.2) is 42.5 Å². The summed E-state index contributed by atoms with van der Waals surface area (Å²) in [6, 6.07) is 12.5. The van der Waals surface area contributed by atoms with Crippen molar-refractivity contribution in [1.29, 1.82) is 5.26 Å². The van der Waals surface area contributed by atoms with E-state index in [4.69, 9.17) is 21.3 Å². The smallest absolute Gasteiger partial charge is 0.262 e. The zero-order valence-electron chi connectivity index (χ0n) is 36.6. The summed E-state index contributed by atoms with van der Waals surface area (Å²) in [4.78, 5) is 79.3. The summed E-state index contributed by atoms with van der Waals surface area (Å²) in [5.41, 5.74) is 1.56. The first-order valence-electron chi connectivity index (χ1n) is 22.4. The molecule has 3 aromatic rings. The molecular formula is C48H52ClFN8O6. The number of hydrogen-bond donors (Lipinski definition) is 1. The molecule has 7 heterocycles. The largest absolute Gasteiger partial charge is 0.489 e. The lowest BCUT2D eigenvalue weighted by molar-refractivity contribution is -0.199. The Bertz CT molecular complexity index is 2540. The van der Waals surface area contributed by atoms with Crippen LogP contribution in [0.5, 0.6) is 5.75 Å². The van der Waals surface area contributed by atoms with Crippen molar-refractivity contribution in [1.82, 2.24) is 25.0 Å². The molecular weight excluding hydrogens is 839 g/mol. The number of rotatable bonds is 8. The van der Waals surface area contributed by atoms with Gasteiger partial charge in [-0.15, -0.1) is 0 Å². The van der Waals surface area contributed by atoms with Crippen molar-refractivity contribution in [2.24, 2.45) is 22.2 Å². The quantitative estimate of drug-likeness (QED) is 0.273. The topological polar surface area (TPSA) is 159 Å². The predicted octanol–water partition coefficient (Wildman–Crippen LogP) is 5.80. The number of aromatic nitrogens is 1. The molecule has 64 heavy (non-hydrogen) atoms. The molecule has 0 bridgehead atoms. The van der Waals surface area contributed by atoms with Gasteiger partial charge in [0, 0.05) is 67.5 Å². The Morgan fingerprint density at radius 3 is 2.20 bits per heavy atom. The summed E-state index contributed by atoms with van der Waals surface area (Å²) in [7, 11) is 0. The minimum absolute atomic E-state index is 0.00126. The summed E-state index contributed by atoms with van der Waals surface area (Å²) in [5, 5.41) is 11.8. The third-order valence-electron chi connectivity index (χ3n) is 15.4. The molecule has 5 fully saturated rings. The standard InChI is InChI=1S/C48H52ClFN8O6/c1-46(2)44(47(3,4)45(46)64-29-6-5-28(22-51)33(49)19-29)57-24-35-30(41(57)61)7-9-38(52-35)55-15-11-27(12-16-55)23-54-17-13-48(14-18-54)25-56(26-48)37-21-32-31(20-34(37)50)42(62)58(43(32)63)36-8-10-39(59)53-40(36)60/h5-7,9,19-21,27,36,44-45H,8,10-18,23-26H2,1-4H3,(H,53,59,60). The second kappa shape index (κ2) is 15.3. The fourth-order valence-electron chi connectivity index (χ4n) is 12.5. The van der Waals surface area contributed by atoms with Crippen LogP contribution in [-0.2, 0) is 16.1 Å². The highest BCUT2D eigenvalue weighted by atomic mass is 35.5. The monoisotopic (exact) mass is 890 g/mol. The Labute approximate surface area is 376 Å². The van der Waals surface area contributed by atoms with Crippen molar-refractivity contribution in [2.75, 3.05) is 55.6 Å². The van der Waals surface area contributed by atoms with Crippen LogP contribution in [0.3, 0.4) is 0 Å². The van der Waals surface area contributed by atoms with E-state index in [1.54, 1.807) is 18.2 Å². The number of carbonyl (C=O) groups is 5. The number of pyridine rings is 1. The van der Waals surface area contributed by atoms with Crippen molar-refractivity contribution in [3.8, 4) is 11.8 Å². The highest BCUT2D eigenvalue weighted by Gasteiger charge is 2.67. The number of benzene rings is 2. The number of nitrogens with zero attached hydrogens (tertiary/aromatic N) is 7. The highest BCUT2D eigenvalue weighted by molar-refractivity contribution is 6.31. The molecule has 5 amide bonds. The van der Waals surface area contributed by atoms with Gasteiger partial charge in [0.1, 0.15) is 35.6 Å². The number of anilines is 2. The van der Waals surface area contributed by atoms with Gasteiger partial charge in [-0.2, -0.15) is 5.26 Å². The molecule has 0 radical (unpaired) electrons. The zero-order valence-corrected chi connectivity index (χ0v) is 37.3. The summed E-state index contributed by atoms with van der Waals surface area (Å²) in [5.74, 6) is -0.973. The zero-order chi connectivity index (χ0) is 45.0. The molecule has 1 aromatic heterocycles. The van der Waals surface area contributed by atoms with Gasteiger partial charge in [-0.1, -0.05) is 39.3 Å². The third-order valence-corrected chi connectivity index (χ3v) is 15.7. The molecule has 1 aliphatic carbocycles. The molecule has 1 unspecified atom stereocenters. The maximum atomic E-state index is 15.5. The van der Waals surface area contributed by atoms with Crippen molar-refractivity contribution in [3.63, 3.8) is 0 Å². The van der Waals surface area contributed by atoms with Gasteiger partial charge in [-0.3, -0.25) is 34.2 Å². The van der Waals surface area contributed by atoms with E-state index < -0.39 is 35.5 Å². The van der Waals surface area contributed by atoms with E-state index in [0.717, 1.165) is 80.9 Å². The highest BCUT2D eigenvalue weighted by Crippen LogP contribution is 2.59. The number of nitriles is 1. The second-order valence-electron chi connectivity index (χ2n) is 20.3. The number of ether oxygens (including phenoxy) is 1. The molecule has 14 nitrogen and oxygen atoms in total. The van der Waals surface area contributed by atoms with Gasteiger partial charge in [-0.25, -0.2) is 9.37 Å². The first-order chi connectivity index (χ1) is 30.5. The number of likely N-dealkylation sites (tertiary alicyclic amines) is 1. The Morgan fingerprint density at radius 1 is 0.859 bits per heavy atom. The molecule has 4 saturated heterocycles. The van der Waals surface area contributed by atoms with Crippen LogP contribution in [0.25, 0.3) is 0 Å². The van der Waals surface area contributed by atoms with Crippen LogP contribution in [0.4, 0.5) is 15.9 Å². The van der Waals surface area contributed by atoms with E-state index in [1.165, 1.54) is 6.07 Å². The summed E-state index contributed by atoms with van der Waals surface area (Å²) in [6.45, 7) is 15.1. The maximum Gasteiger partial charge on any atom is 0.262 e. The molecule has 334 valence electrons. The van der Waals surface area contributed by atoms with E-state index in [0.29, 0.717) is 53.1 Å². The number of imide groups is 2. The minimum Gasteiger partial charge on any atom is -0.489 e. The Kier molecular flexibility index (Phi) is 10.1. The second-order valence-corrected chi connectivity index (χ2v) is 20.7. The van der Waals surface area contributed by atoms with Crippen molar-refractivity contribution in [2.45, 2.75) is 91.0 Å². The average Bonchev–Trinajstić information content (AvgIpc) is 3.68. The molecule has 7 aliphatic rings. The fraction of sp³-hybridized carbons (Fsp3) is 0.521. The van der Waals surface area contributed by atoms with Gasteiger partial charge >= 0.3 is 0 Å². The summed E-state index contributed by atoms with van der Waals surface area (Å²) >= 11 is 6.31. The predicted molar refractivity (Wildman–Crippen MR) is 234 cm³/mol. The SMILES string of the molecule is CC1(C)C(Oc2ccc(C#N)c(Cl)c2)C(C)(C)C1N1Cc2nc(N3CCC(CN4CCC5(CC4)CN(c4cc6c(cc4F)C(=O)N(C4CCC(=O)NC4=O)C6=O)C5)CC3)ccc2C1=O. The van der Waals surface area contributed by atoms with Gasteiger partial charge in [0.25, 0.3) is 17.7 Å². The normalized spacial score (nSPS) is 26.1. The number of hydrogen-bond acceptors (Lipinski definition) is 11. The van der Waals surface area contributed by atoms with Crippen LogP contribution in [0.2, 0.25) is 5.02 Å². The Hall–Kier alpha value is -5.59. The third kappa shape index (κ3) is 6.82. The van der Waals surface area contributed by atoms with Gasteiger partial charge < -0.3 is 24.3 Å². The lowest BCUT2D eigenvalue weighted by Crippen LogP contribution is -2.74. The van der Waals surface area contributed by atoms with Crippen LogP contribution in [0.1, 0.15) is 109 Å².